The highest BCUT2D eigenvalue weighted by molar-refractivity contribution is 14.0. The third-order valence-corrected chi connectivity index (χ3v) is 4.21. The van der Waals surface area contributed by atoms with Crippen LogP contribution >= 0.6 is 24.0 Å². The van der Waals surface area contributed by atoms with Crippen molar-refractivity contribution in [3.8, 4) is 5.88 Å². The molecule has 1 aromatic carbocycles. The van der Waals surface area contributed by atoms with Gasteiger partial charge < -0.3 is 15.8 Å². The summed E-state index contributed by atoms with van der Waals surface area (Å²) in [5.74, 6) is 1.04. The summed E-state index contributed by atoms with van der Waals surface area (Å²) in [5, 5.41) is 3.26. The molecule has 3 rings (SSSR count). The molecule has 0 saturated carbocycles. The molecule has 0 spiro atoms. The van der Waals surface area contributed by atoms with Crippen LogP contribution in [0.25, 0.3) is 0 Å². The van der Waals surface area contributed by atoms with E-state index in [2.05, 4.69) is 33.5 Å². The van der Waals surface area contributed by atoms with Crippen molar-refractivity contribution in [3.63, 3.8) is 0 Å². The zero-order valence-corrected chi connectivity index (χ0v) is 16.8. The summed E-state index contributed by atoms with van der Waals surface area (Å²) in [7, 11) is 0. The molecule has 0 aliphatic heterocycles. The quantitative estimate of drug-likeness (QED) is 0.410. The molecule has 25 heavy (non-hydrogen) atoms. The summed E-state index contributed by atoms with van der Waals surface area (Å²) in [6.45, 7) is 2.96. The fourth-order valence-electron chi connectivity index (χ4n) is 3.06. The summed E-state index contributed by atoms with van der Waals surface area (Å²) in [6, 6.07) is 10.2. The Bertz CT molecular complexity index is 733. The Hall–Kier alpha value is -1.83. The predicted octanol–water partition coefficient (Wildman–Crippen LogP) is 3.90. The lowest BCUT2D eigenvalue weighted by Crippen LogP contribution is -2.24. The van der Waals surface area contributed by atoms with Crippen LogP contribution in [0.5, 0.6) is 5.88 Å². The van der Waals surface area contributed by atoms with Crippen molar-refractivity contribution in [1.29, 1.82) is 0 Å². The Morgan fingerprint density at radius 1 is 1.24 bits per heavy atom. The largest absolute Gasteiger partial charge is 0.478 e. The van der Waals surface area contributed by atoms with Gasteiger partial charge in [-0.25, -0.2) is 9.98 Å². The summed E-state index contributed by atoms with van der Waals surface area (Å²) >= 11 is 0. The number of rotatable bonds is 5. The normalized spacial score (nSPS) is 13.6. The van der Waals surface area contributed by atoms with Crippen molar-refractivity contribution in [2.45, 2.75) is 39.2 Å². The number of fused-ring (bicyclic) bond motifs is 1. The van der Waals surface area contributed by atoms with E-state index in [9.17, 15) is 0 Å². The lowest BCUT2D eigenvalue weighted by Gasteiger charge is -2.19. The van der Waals surface area contributed by atoms with E-state index in [0.29, 0.717) is 25.0 Å². The number of hydrogen-bond donors (Lipinski definition) is 2. The van der Waals surface area contributed by atoms with Crippen molar-refractivity contribution >= 4 is 35.6 Å². The topological polar surface area (TPSA) is 72.5 Å². The standard InChI is InChI=1S/C19H24N4O.HI/c1-2-24-18-15(9-6-12-21-18)13-22-19(20)23-17-11-5-8-14-7-3-4-10-16(14)17;/h5-6,8-9,11-12H,2-4,7,10,13H2,1H3,(H3,20,22,23);1H. The summed E-state index contributed by atoms with van der Waals surface area (Å²) in [5.41, 5.74) is 10.9. The van der Waals surface area contributed by atoms with Crippen molar-refractivity contribution in [3.05, 3.63) is 53.2 Å². The van der Waals surface area contributed by atoms with E-state index in [0.717, 1.165) is 24.1 Å². The van der Waals surface area contributed by atoms with Gasteiger partial charge in [0.15, 0.2) is 5.96 Å². The van der Waals surface area contributed by atoms with Gasteiger partial charge in [0.25, 0.3) is 0 Å². The molecule has 0 amide bonds. The van der Waals surface area contributed by atoms with Gasteiger partial charge in [-0.05, 0) is 55.9 Å². The van der Waals surface area contributed by atoms with Crippen molar-refractivity contribution < 1.29 is 4.74 Å². The van der Waals surface area contributed by atoms with Gasteiger partial charge in [0.2, 0.25) is 5.88 Å². The molecule has 1 aliphatic rings. The van der Waals surface area contributed by atoms with Gasteiger partial charge in [0.05, 0.1) is 13.2 Å². The molecule has 1 aliphatic carbocycles. The van der Waals surface area contributed by atoms with E-state index < -0.39 is 0 Å². The molecule has 1 aromatic heterocycles. The molecular weight excluding hydrogens is 427 g/mol. The zero-order valence-electron chi connectivity index (χ0n) is 14.5. The number of benzene rings is 1. The number of hydrogen-bond acceptors (Lipinski definition) is 3. The van der Waals surface area contributed by atoms with Crippen LogP contribution < -0.4 is 15.8 Å². The van der Waals surface area contributed by atoms with Crippen LogP contribution in [0.3, 0.4) is 0 Å². The molecule has 5 nitrogen and oxygen atoms in total. The maximum atomic E-state index is 6.09. The average molecular weight is 452 g/mol. The highest BCUT2D eigenvalue weighted by Gasteiger charge is 2.13. The SMILES string of the molecule is CCOc1ncccc1CN=C(N)Nc1cccc2c1CCCC2.I. The molecule has 2 aromatic rings. The number of halogens is 1. The predicted molar refractivity (Wildman–Crippen MR) is 113 cm³/mol. The van der Waals surface area contributed by atoms with E-state index in [-0.39, 0.29) is 24.0 Å². The van der Waals surface area contributed by atoms with Crippen LogP contribution in [0.1, 0.15) is 36.5 Å². The average Bonchev–Trinajstić information content (AvgIpc) is 2.62. The van der Waals surface area contributed by atoms with E-state index in [1.54, 1.807) is 6.20 Å². The first-order valence-corrected chi connectivity index (χ1v) is 8.52. The van der Waals surface area contributed by atoms with Crippen LogP contribution in [0.15, 0.2) is 41.5 Å². The number of ether oxygens (including phenoxy) is 1. The Balaban J connectivity index is 0.00000225. The summed E-state index contributed by atoms with van der Waals surface area (Å²) < 4.78 is 5.52. The minimum absolute atomic E-state index is 0. The maximum Gasteiger partial charge on any atom is 0.218 e. The fourth-order valence-corrected chi connectivity index (χ4v) is 3.06. The van der Waals surface area contributed by atoms with Gasteiger partial charge in [-0.3, -0.25) is 0 Å². The van der Waals surface area contributed by atoms with Gasteiger partial charge in [-0.1, -0.05) is 18.2 Å². The van der Waals surface area contributed by atoms with E-state index in [1.807, 2.05) is 19.1 Å². The highest BCUT2D eigenvalue weighted by Crippen LogP contribution is 2.27. The van der Waals surface area contributed by atoms with Gasteiger partial charge in [-0.15, -0.1) is 24.0 Å². The van der Waals surface area contributed by atoms with Crippen LogP contribution in [-0.2, 0) is 19.4 Å². The molecule has 3 N–H and O–H groups in total. The lowest BCUT2D eigenvalue weighted by molar-refractivity contribution is 0.323. The Morgan fingerprint density at radius 2 is 2.08 bits per heavy atom. The van der Waals surface area contributed by atoms with Crippen LogP contribution in [-0.4, -0.2) is 17.6 Å². The first kappa shape index (κ1) is 19.5. The third kappa shape index (κ3) is 5.07. The summed E-state index contributed by atoms with van der Waals surface area (Å²) in [6.07, 6.45) is 6.46. The second kappa shape index (κ2) is 9.60. The Morgan fingerprint density at radius 3 is 2.92 bits per heavy atom. The third-order valence-electron chi connectivity index (χ3n) is 4.21. The first-order chi connectivity index (χ1) is 11.8. The molecule has 134 valence electrons. The highest BCUT2D eigenvalue weighted by atomic mass is 127. The molecule has 0 bridgehead atoms. The zero-order chi connectivity index (χ0) is 16.8. The number of nitrogens with one attached hydrogen (secondary N) is 1. The van der Waals surface area contributed by atoms with Crippen molar-refractivity contribution in [1.82, 2.24) is 4.98 Å². The maximum absolute atomic E-state index is 6.09. The number of anilines is 1. The van der Waals surface area contributed by atoms with E-state index >= 15 is 0 Å². The number of nitrogens with zero attached hydrogens (tertiary/aromatic N) is 2. The van der Waals surface area contributed by atoms with Crippen molar-refractivity contribution in [2.75, 3.05) is 11.9 Å². The molecule has 1 heterocycles. The second-order valence-electron chi connectivity index (χ2n) is 5.88. The number of aromatic nitrogens is 1. The van der Waals surface area contributed by atoms with Crippen molar-refractivity contribution in [2.24, 2.45) is 10.7 Å². The fraction of sp³-hybridized carbons (Fsp3) is 0.368. The number of pyridine rings is 1. The number of guanidine groups is 1. The molecule has 0 unspecified atom stereocenters. The molecule has 0 radical (unpaired) electrons. The Kier molecular flexibility index (Phi) is 7.49. The molecule has 6 heteroatoms. The number of aryl methyl sites for hydroxylation is 1. The minimum atomic E-state index is 0. The second-order valence-corrected chi connectivity index (χ2v) is 5.88. The number of aliphatic imine (C=N–C) groups is 1. The molecular formula is C19H25IN4O. The number of nitrogens with two attached hydrogens (primary N) is 1. The van der Waals surface area contributed by atoms with E-state index in [1.165, 1.54) is 24.0 Å². The molecule has 0 atom stereocenters. The minimum Gasteiger partial charge on any atom is -0.478 e. The van der Waals surface area contributed by atoms with Crippen LogP contribution in [0.2, 0.25) is 0 Å². The lowest BCUT2D eigenvalue weighted by atomic mass is 9.90. The van der Waals surface area contributed by atoms with Gasteiger partial charge >= 0.3 is 0 Å². The monoisotopic (exact) mass is 452 g/mol. The first-order valence-electron chi connectivity index (χ1n) is 8.52. The van der Waals surface area contributed by atoms with Gasteiger partial charge in [-0.2, -0.15) is 0 Å². The summed E-state index contributed by atoms with van der Waals surface area (Å²) in [4.78, 5) is 8.68. The smallest absolute Gasteiger partial charge is 0.218 e. The molecule has 0 fully saturated rings. The van der Waals surface area contributed by atoms with Crippen LogP contribution in [0, 0.1) is 0 Å². The van der Waals surface area contributed by atoms with E-state index in [4.69, 9.17) is 10.5 Å². The Labute approximate surface area is 166 Å². The van der Waals surface area contributed by atoms with Gasteiger partial charge in [0, 0.05) is 17.4 Å². The van der Waals surface area contributed by atoms with Crippen LogP contribution in [0.4, 0.5) is 5.69 Å². The molecule has 0 saturated heterocycles. The van der Waals surface area contributed by atoms with Gasteiger partial charge in [0.1, 0.15) is 0 Å².